The predicted octanol–water partition coefficient (Wildman–Crippen LogP) is 5.71. The number of anilines is 1. The summed E-state index contributed by atoms with van der Waals surface area (Å²) in [6, 6.07) is 10.3. The van der Waals surface area contributed by atoms with E-state index in [4.69, 9.17) is 4.74 Å². The van der Waals surface area contributed by atoms with E-state index in [1.54, 1.807) is 18.3 Å². The number of esters is 1. The number of ether oxygens (including phenoxy) is 1. The second-order valence-electron chi connectivity index (χ2n) is 7.07. The normalized spacial score (nSPS) is 13.0. The number of thiophene rings is 2. The second kappa shape index (κ2) is 8.93. The Morgan fingerprint density at radius 2 is 1.93 bits per heavy atom. The van der Waals surface area contributed by atoms with Gasteiger partial charge in [-0.1, -0.05) is 24.3 Å². The highest BCUT2D eigenvalue weighted by molar-refractivity contribution is 7.15. The van der Waals surface area contributed by atoms with Crippen molar-refractivity contribution in [2.45, 2.75) is 39.0 Å². The maximum absolute atomic E-state index is 12.7. The summed E-state index contributed by atoms with van der Waals surface area (Å²) >= 11 is 2.92. The molecule has 1 aromatic carbocycles. The summed E-state index contributed by atoms with van der Waals surface area (Å²) < 4.78 is 5.31. The fourth-order valence-electron chi connectivity index (χ4n) is 3.71. The van der Waals surface area contributed by atoms with Gasteiger partial charge in [0, 0.05) is 15.8 Å². The van der Waals surface area contributed by atoms with E-state index in [1.165, 1.54) is 35.3 Å². The predicted molar refractivity (Wildman–Crippen MR) is 119 cm³/mol. The van der Waals surface area contributed by atoms with Crippen LogP contribution in [0.4, 0.5) is 5.00 Å². The van der Waals surface area contributed by atoms with Crippen molar-refractivity contribution in [3.63, 3.8) is 0 Å². The number of aryl methyl sites for hydroxylation is 2. The molecule has 1 aliphatic rings. The number of benzene rings is 1. The molecule has 1 aliphatic carbocycles. The van der Waals surface area contributed by atoms with E-state index in [1.807, 2.05) is 22.9 Å². The third kappa shape index (κ3) is 4.43. The molecule has 0 saturated carbocycles. The summed E-state index contributed by atoms with van der Waals surface area (Å²) in [7, 11) is 0. The molecular formula is C23H23NO3S2. The summed E-state index contributed by atoms with van der Waals surface area (Å²) in [5, 5.41) is 7.37. The van der Waals surface area contributed by atoms with Crippen LogP contribution in [0.5, 0.6) is 0 Å². The fourth-order valence-corrected chi connectivity index (χ4v) is 5.39. The maximum Gasteiger partial charge on any atom is 0.341 e. The Morgan fingerprint density at radius 1 is 1.10 bits per heavy atom. The second-order valence-corrected chi connectivity index (χ2v) is 8.98. The highest BCUT2D eigenvalue weighted by Crippen LogP contribution is 2.38. The lowest BCUT2D eigenvalue weighted by Gasteiger charge is -2.17. The summed E-state index contributed by atoms with van der Waals surface area (Å²) in [6.45, 7) is 2.08. The molecule has 0 unspecified atom stereocenters. The van der Waals surface area contributed by atoms with Crippen molar-refractivity contribution >= 4 is 39.6 Å². The Bertz CT molecular complexity index is 1020. The standard InChI is InChI=1S/C23H23NO3S2/c1-2-27-23(26)21-19(17-10-9-15-6-3-4-7-16(15)12-17)14-29-22(21)24-20(25)13-18-8-5-11-28-18/h5,8-12,14H,2-4,6-7,13H2,1H3,(H,24,25). The number of carbonyl (C=O) groups is 2. The molecule has 6 heteroatoms. The molecule has 0 fully saturated rings. The third-order valence-electron chi connectivity index (χ3n) is 5.10. The number of hydrogen-bond acceptors (Lipinski definition) is 5. The van der Waals surface area contributed by atoms with Crippen LogP contribution >= 0.6 is 22.7 Å². The quantitative estimate of drug-likeness (QED) is 0.514. The molecule has 4 rings (SSSR count). The molecule has 3 aromatic rings. The van der Waals surface area contributed by atoms with E-state index in [0.717, 1.165) is 28.8 Å². The van der Waals surface area contributed by atoms with Crippen LogP contribution in [0.25, 0.3) is 11.1 Å². The lowest BCUT2D eigenvalue weighted by atomic mass is 9.89. The van der Waals surface area contributed by atoms with Crippen LogP contribution in [0, 0.1) is 0 Å². The Labute approximate surface area is 178 Å². The van der Waals surface area contributed by atoms with Crippen molar-refractivity contribution in [1.82, 2.24) is 0 Å². The van der Waals surface area contributed by atoms with Gasteiger partial charge < -0.3 is 10.1 Å². The highest BCUT2D eigenvalue weighted by atomic mass is 32.1. The molecule has 0 radical (unpaired) electrons. The first-order chi connectivity index (χ1) is 14.2. The van der Waals surface area contributed by atoms with Gasteiger partial charge in [0.1, 0.15) is 10.6 Å². The van der Waals surface area contributed by atoms with Crippen molar-refractivity contribution in [3.8, 4) is 11.1 Å². The molecule has 2 heterocycles. The SMILES string of the molecule is CCOC(=O)c1c(-c2ccc3c(c2)CCCC3)csc1NC(=O)Cc1cccs1. The van der Waals surface area contributed by atoms with Crippen LogP contribution in [0.3, 0.4) is 0 Å². The van der Waals surface area contributed by atoms with Gasteiger partial charge in [0.15, 0.2) is 0 Å². The van der Waals surface area contributed by atoms with Crippen molar-refractivity contribution in [2.24, 2.45) is 0 Å². The van der Waals surface area contributed by atoms with E-state index in [-0.39, 0.29) is 5.91 Å². The zero-order valence-electron chi connectivity index (χ0n) is 16.3. The van der Waals surface area contributed by atoms with Crippen molar-refractivity contribution in [2.75, 3.05) is 11.9 Å². The first-order valence-corrected chi connectivity index (χ1v) is 11.6. The Balaban J connectivity index is 1.65. The average Bonchev–Trinajstić information content (AvgIpc) is 3.37. The monoisotopic (exact) mass is 425 g/mol. The molecule has 150 valence electrons. The van der Waals surface area contributed by atoms with Gasteiger partial charge in [0.05, 0.1) is 13.0 Å². The summed E-state index contributed by atoms with van der Waals surface area (Å²) in [5.74, 6) is -0.523. The number of nitrogens with one attached hydrogen (secondary N) is 1. The van der Waals surface area contributed by atoms with Gasteiger partial charge in [-0.05, 0) is 60.7 Å². The lowest BCUT2D eigenvalue weighted by molar-refractivity contribution is -0.115. The molecule has 0 saturated heterocycles. The molecule has 1 amide bonds. The number of carbonyl (C=O) groups excluding carboxylic acids is 2. The molecule has 0 bridgehead atoms. The summed E-state index contributed by atoms with van der Waals surface area (Å²) in [4.78, 5) is 26.2. The van der Waals surface area contributed by atoms with Crippen molar-refractivity contribution in [3.05, 3.63) is 62.7 Å². The minimum atomic E-state index is -0.395. The van der Waals surface area contributed by atoms with E-state index in [0.29, 0.717) is 23.6 Å². The van der Waals surface area contributed by atoms with E-state index < -0.39 is 5.97 Å². The van der Waals surface area contributed by atoms with E-state index in [2.05, 4.69) is 23.5 Å². The Morgan fingerprint density at radius 3 is 2.69 bits per heavy atom. The van der Waals surface area contributed by atoms with Gasteiger partial charge in [0.25, 0.3) is 0 Å². The number of hydrogen-bond donors (Lipinski definition) is 1. The smallest absolute Gasteiger partial charge is 0.341 e. The van der Waals surface area contributed by atoms with E-state index >= 15 is 0 Å². The van der Waals surface area contributed by atoms with Crippen LogP contribution in [0.1, 0.15) is 46.1 Å². The fraction of sp³-hybridized carbons (Fsp3) is 0.304. The first kappa shape index (κ1) is 19.9. The van der Waals surface area contributed by atoms with Gasteiger partial charge in [-0.25, -0.2) is 4.79 Å². The van der Waals surface area contributed by atoms with Gasteiger partial charge in [0.2, 0.25) is 5.91 Å². The van der Waals surface area contributed by atoms with Crippen LogP contribution < -0.4 is 5.32 Å². The number of amides is 1. The topological polar surface area (TPSA) is 55.4 Å². The van der Waals surface area contributed by atoms with Crippen molar-refractivity contribution < 1.29 is 14.3 Å². The molecule has 29 heavy (non-hydrogen) atoms. The summed E-state index contributed by atoms with van der Waals surface area (Å²) in [6.07, 6.45) is 4.93. The first-order valence-electron chi connectivity index (χ1n) is 9.88. The Kier molecular flexibility index (Phi) is 6.11. The molecular weight excluding hydrogens is 402 g/mol. The van der Waals surface area contributed by atoms with Crippen LogP contribution in [0.2, 0.25) is 0 Å². The van der Waals surface area contributed by atoms with Crippen LogP contribution in [0.15, 0.2) is 41.1 Å². The van der Waals surface area contributed by atoms with Gasteiger partial charge in [-0.3, -0.25) is 4.79 Å². The zero-order chi connectivity index (χ0) is 20.2. The molecule has 0 atom stereocenters. The van der Waals surface area contributed by atoms with Gasteiger partial charge >= 0.3 is 5.97 Å². The number of fused-ring (bicyclic) bond motifs is 1. The largest absolute Gasteiger partial charge is 0.462 e. The van der Waals surface area contributed by atoms with Crippen LogP contribution in [-0.4, -0.2) is 18.5 Å². The molecule has 2 aromatic heterocycles. The minimum absolute atomic E-state index is 0.128. The summed E-state index contributed by atoms with van der Waals surface area (Å²) in [5.41, 5.74) is 5.04. The van der Waals surface area contributed by atoms with Crippen LogP contribution in [-0.2, 0) is 28.8 Å². The Hall–Kier alpha value is -2.44. The minimum Gasteiger partial charge on any atom is -0.462 e. The molecule has 1 N–H and O–H groups in total. The molecule has 0 spiro atoms. The molecule has 0 aliphatic heterocycles. The van der Waals surface area contributed by atoms with Gasteiger partial charge in [-0.15, -0.1) is 22.7 Å². The van der Waals surface area contributed by atoms with Gasteiger partial charge in [-0.2, -0.15) is 0 Å². The third-order valence-corrected chi connectivity index (χ3v) is 6.87. The maximum atomic E-state index is 12.7. The zero-order valence-corrected chi connectivity index (χ0v) is 18.0. The van der Waals surface area contributed by atoms with Crippen molar-refractivity contribution in [1.29, 1.82) is 0 Å². The lowest BCUT2D eigenvalue weighted by Crippen LogP contribution is -2.16. The molecule has 4 nitrogen and oxygen atoms in total. The number of rotatable bonds is 6. The van der Waals surface area contributed by atoms with E-state index in [9.17, 15) is 9.59 Å². The highest BCUT2D eigenvalue weighted by Gasteiger charge is 2.23. The average molecular weight is 426 g/mol.